The fourth-order valence-corrected chi connectivity index (χ4v) is 9.78. The third kappa shape index (κ3) is 6.46. The normalized spacial score (nSPS) is 26.1. The molecule has 0 spiro atoms. The molecule has 9 rings (SSSR count). The second-order valence-electron chi connectivity index (χ2n) is 15.8. The summed E-state index contributed by atoms with van der Waals surface area (Å²) < 4.78 is 6.40. The number of amides is 2. The van der Waals surface area contributed by atoms with Gasteiger partial charge in [-0.25, -0.2) is 4.79 Å². The van der Waals surface area contributed by atoms with Crippen molar-refractivity contribution in [2.24, 2.45) is 0 Å². The van der Waals surface area contributed by atoms with Gasteiger partial charge in [0, 0.05) is 61.8 Å². The highest BCUT2D eigenvalue weighted by molar-refractivity contribution is 6.01. The van der Waals surface area contributed by atoms with Gasteiger partial charge in [-0.15, -0.1) is 0 Å². The van der Waals surface area contributed by atoms with Crippen LogP contribution in [0, 0.1) is 0 Å². The summed E-state index contributed by atoms with van der Waals surface area (Å²) in [6.45, 7) is 5.08. The van der Waals surface area contributed by atoms with Crippen LogP contribution in [0.5, 0.6) is 11.8 Å². The molecule has 1 unspecified atom stereocenters. The molecule has 1 aromatic heterocycles. The van der Waals surface area contributed by atoms with Gasteiger partial charge in [0.1, 0.15) is 18.2 Å². The Balaban J connectivity index is 0.983. The predicted molar refractivity (Wildman–Crippen MR) is 202 cm³/mol. The Hall–Kier alpha value is -4.15. The Morgan fingerprint density at radius 2 is 1.67 bits per heavy atom. The molecule has 4 atom stereocenters. The molecule has 1 saturated carbocycles. The van der Waals surface area contributed by atoms with Crippen molar-refractivity contribution in [3.8, 4) is 22.9 Å². The van der Waals surface area contributed by atoms with Gasteiger partial charge in [-0.2, -0.15) is 9.97 Å². The molecule has 268 valence electrons. The van der Waals surface area contributed by atoms with Crippen LogP contribution in [0.3, 0.4) is 0 Å². The molecule has 10 heteroatoms. The molecule has 5 heterocycles. The van der Waals surface area contributed by atoms with E-state index in [2.05, 4.69) is 56.2 Å². The first-order chi connectivity index (χ1) is 25.0. The van der Waals surface area contributed by atoms with Gasteiger partial charge in [-0.1, -0.05) is 49.6 Å². The summed E-state index contributed by atoms with van der Waals surface area (Å²) in [6, 6.07) is 20.3. The van der Waals surface area contributed by atoms with E-state index in [1.54, 1.807) is 0 Å². The zero-order valence-electron chi connectivity index (χ0n) is 29.8. The van der Waals surface area contributed by atoms with E-state index in [0.29, 0.717) is 37.8 Å². The van der Waals surface area contributed by atoms with Gasteiger partial charge < -0.3 is 29.9 Å². The summed E-state index contributed by atoms with van der Waals surface area (Å²) in [4.78, 5) is 33.3. The van der Waals surface area contributed by atoms with E-state index in [9.17, 15) is 9.90 Å². The van der Waals surface area contributed by atoms with Gasteiger partial charge in [-0.3, -0.25) is 4.90 Å². The summed E-state index contributed by atoms with van der Waals surface area (Å²) in [7, 11) is 2.16. The number of urea groups is 1. The molecule has 2 N–H and O–H groups in total. The lowest BCUT2D eigenvalue weighted by Crippen LogP contribution is -2.58. The van der Waals surface area contributed by atoms with Crippen LogP contribution in [-0.4, -0.2) is 112 Å². The lowest BCUT2D eigenvalue weighted by Gasteiger charge is -2.42. The first kappa shape index (κ1) is 32.7. The molecule has 5 fully saturated rings. The average molecular weight is 690 g/mol. The first-order valence-corrected chi connectivity index (χ1v) is 19.4. The van der Waals surface area contributed by atoms with E-state index in [1.165, 1.54) is 38.5 Å². The highest BCUT2D eigenvalue weighted by atomic mass is 16.5. The number of hydrogen-bond donors (Lipinski definition) is 2. The van der Waals surface area contributed by atoms with Gasteiger partial charge in [0.2, 0.25) is 0 Å². The molecule has 4 saturated heterocycles. The molecule has 2 amide bonds. The van der Waals surface area contributed by atoms with E-state index >= 15 is 0 Å². The van der Waals surface area contributed by atoms with E-state index in [1.807, 2.05) is 30.3 Å². The van der Waals surface area contributed by atoms with Crippen molar-refractivity contribution in [1.29, 1.82) is 0 Å². The predicted octanol–water partition coefficient (Wildman–Crippen LogP) is 6.40. The third-order valence-electron chi connectivity index (χ3n) is 12.5. The van der Waals surface area contributed by atoms with Crippen molar-refractivity contribution in [3.63, 3.8) is 0 Å². The maximum absolute atomic E-state index is 13.7. The lowest BCUT2D eigenvalue weighted by atomic mass is 9.94. The van der Waals surface area contributed by atoms with E-state index in [-0.39, 0.29) is 29.9 Å². The molecule has 0 radical (unpaired) electrons. The number of carbonyl (C=O) groups is 1. The maximum Gasteiger partial charge on any atom is 0.319 e. The number of aromatic hydroxyl groups is 1. The van der Waals surface area contributed by atoms with Crippen molar-refractivity contribution in [2.45, 2.75) is 94.4 Å². The fourth-order valence-electron chi connectivity index (χ4n) is 9.78. The fraction of sp³-hybridized carbons (Fsp3) is 0.537. The molecule has 1 aliphatic carbocycles. The topological polar surface area (TPSA) is 97.3 Å². The van der Waals surface area contributed by atoms with Crippen molar-refractivity contribution >= 4 is 33.5 Å². The Labute approximate surface area is 300 Å². The molecular weight excluding hydrogens is 638 g/mol. The van der Waals surface area contributed by atoms with Gasteiger partial charge >= 0.3 is 12.0 Å². The van der Waals surface area contributed by atoms with E-state index < -0.39 is 0 Å². The van der Waals surface area contributed by atoms with Crippen LogP contribution in [0.15, 0.2) is 54.6 Å². The Morgan fingerprint density at radius 1 is 0.843 bits per heavy atom. The summed E-state index contributed by atoms with van der Waals surface area (Å²) in [5, 5.41) is 17.1. The molecule has 4 aliphatic heterocycles. The highest BCUT2D eigenvalue weighted by Gasteiger charge is 2.43. The number of phenolic OH excluding ortho intramolecular Hbond substituents is 1. The number of phenols is 1. The number of hydrogen-bond acceptors (Lipinski definition) is 8. The number of nitrogens with zero attached hydrogens (tertiary/aromatic N) is 6. The highest BCUT2D eigenvalue weighted by Crippen LogP contribution is 2.40. The standard InChI is InChI=1S/C41H51N7O3/c1-45-18-7-11-33(45)26-51-40-43-38-21-28(37-22-34(49)20-27-8-5-6-12-35(27)37)13-16-36(38)39(44-40)48-31-14-15-32(48)25-47(24-31)41(50)42-29-17-19-46(23-29)30-9-3-2-4-10-30/h5-6,8,12-13,16,20-22,29-33,49H,2-4,7,9-11,14-15,17-19,23-26H2,1H3,(H,42,50)/t29?,31-,32+,33-/m0/s1. The number of anilines is 1. The van der Waals surface area contributed by atoms with Gasteiger partial charge in [-0.05, 0) is 105 Å². The van der Waals surface area contributed by atoms with Crippen molar-refractivity contribution in [1.82, 2.24) is 30.0 Å². The summed E-state index contributed by atoms with van der Waals surface area (Å²) >= 11 is 0. The number of carbonyl (C=O) groups excluding carboxylic acids is 1. The van der Waals surface area contributed by atoms with Crippen LogP contribution in [-0.2, 0) is 0 Å². The number of rotatable bonds is 7. The number of benzene rings is 3. The minimum absolute atomic E-state index is 0.0854. The van der Waals surface area contributed by atoms with Crippen LogP contribution >= 0.6 is 0 Å². The number of aromatic nitrogens is 2. The second kappa shape index (κ2) is 13.8. The number of piperazine rings is 1. The monoisotopic (exact) mass is 689 g/mol. The molecule has 51 heavy (non-hydrogen) atoms. The Bertz CT molecular complexity index is 1900. The Morgan fingerprint density at radius 3 is 2.47 bits per heavy atom. The Kier molecular flexibility index (Phi) is 8.84. The van der Waals surface area contributed by atoms with Gasteiger partial charge in [0.05, 0.1) is 5.52 Å². The number of ether oxygens (including phenoxy) is 1. The van der Waals surface area contributed by atoms with Crippen LogP contribution in [0.4, 0.5) is 10.6 Å². The molecule has 10 nitrogen and oxygen atoms in total. The number of nitrogens with one attached hydrogen (secondary N) is 1. The number of fused-ring (bicyclic) bond motifs is 4. The summed E-state index contributed by atoms with van der Waals surface area (Å²) in [6.07, 6.45) is 12.0. The van der Waals surface area contributed by atoms with Crippen LogP contribution in [0.1, 0.15) is 64.2 Å². The number of likely N-dealkylation sites (tertiary alicyclic amines) is 3. The maximum atomic E-state index is 13.7. The smallest absolute Gasteiger partial charge is 0.319 e. The average Bonchev–Trinajstić information content (AvgIpc) is 3.86. The van der Waals surface area contributed by atoms with Crippen LogP contribution in [0.25, 0.3) is 32.8 Å². The quantitative estimate of drug-likeness (QED) is 0.230. The summed E-state index contributed by atoms with van der Waals surface area (Å²) in [5.74, 6) is 1.14. The number of likely N-dealkylation sites (N-methyl/N-ethyl adjacent to an activating group) is 1. The molecule has 5 aliphatic rings. The lowest BCUT2D eigenvalue weighted by molar-refractivity contribution is 0.172. The second-order valence-corrected chi connectivity index (χ2v) is 15.8. The SMILES string of the molecule is CN1CCC[C@H]1COc1nc(N2[C@@H]3CC[C@H]2CN(C(=O)NC2CCN(C4CCCCC4)C2)C3)c2ccc(-c3cc(O)cc4ccccc34)cc2n1. The third-order valence-corrected chi connectivity index (χ3v) is 12.5. The van der Waals surface area contributed by atoms with E-state index in [0.717, 1.165) is 83.9 Å². The minimum Gasteiger partial charge on any atom is -0.508 e. The largest absolute Gasteiger partial charge is 0.508 e. The van der Waals surface area contributed by atoms with Gasteiger partial charge in [0.25, 0.3) is 0 Å². The molecular formula is C41H51N7O3. The molecule has 2 bridgehead atoms. The van der Waals surface area contributed by atoms with Crippen LogP contribution < -0.4 is 15.0 Å². The zero-order chi connectivity index (χ0) is 34.5. The van der Waals surface area contributed by atoms with Crippen molar-refractivity contribution in [3.05, 3.63) is 54.6 Å². The first-order valence-electron chi connectivity index (χ1n) is 19.4. The van der Waals surface area contributed by atoms with Crippen molar-refractivity contribution < 1.29 is 14.6 Å². The minimum atomic E-state index is 0.0854. The molecule has 4 aromatic rings. The van der Waals surface area contributed by atoms with Crippen LogP contribution in [0.2, 0.25) is 0 Å². The zero-order valence-corrected chi connectivity index (χ0v) is 29.8. The van der Waals surface area contributed by atoms with Gasteiger partial charge in [0.15, 0.2) is 0 Å². The van der Waals surface area contributed by atoms with Crippen molar-refractivity contribution in [2.75, 3.05) is 51.3 Å². The summed E-state index contributed by atoms with van der Waals surface area (Å²) in [5.41, 5.74) is 2.77. The van der Waals surface area contributed by atoms with E-state index in [4.69, 9.17) is 14.7 Å². The molecule has 3 aromatic carbocycles.